The standard InChI is InChI=1S/C15H18ClN3O3/c1-9(2)14-18-15(22-19-14)17-4-3-10-7-11(16)13-12(8-10)20-5-6-21-13/h7-9H,3-6H2,1-2H3,(H,17,18,19). The molecule has 2 heterocycles. The molecule has 6 nitrogen and oxygen atoms in total. The summed E-state index contributed by atoms with van der Waals surface area (Å²) >= 11 is 6.22. The molecule has 0 fully saturated rings. The fourth-order valence-corrected chi connectivity index (χ4v) is 2.45. The predicted octanol–water partition coefficient (Wildman–Crippen LogP) is 3.27. The Labute approximate surface area is 133 Å². The van der Waals surface area contributed by atoms with E-state index in [-0.39, 0.29) is 5.92 Å². The number of rotatable bonds is 5. The van der Waals surface area contributed by atoms with Crippen LogP contribution in [0.1, 0.15) is 31.2 Å². The van der Waals surface area contributed by atoms with E-state index in [9.17, 15) is 0 Å². The van der Waals surface area contributed by atoms with Gasteiger partial charge in [0.1, 0.15) is 13.2 Å². The van der Waals surface area contributed by atoms with Crippen LogP contribution in [-0.2, 0) is 6.42 Å². The number of aromatic nitrogens is 2. The van der Waals surface area contributed by atoms with Gasteiger partial charge in [-0.25, -0.2) is 0 Å². The highest BCUT2D eigenvalue weighted by Gasteiger charge is 2.16. The minimum Gasteiger partial charge on any atom is -0.486 e. The minimum atomic E-state index is 0.246. The molecule has 1 aliphatic heterocycles. The average molecular weight is 324 g/mol. The first-order valence-corrected chi connectivity index (χ1v) is 7.67. The molecule has 0 saturated heterocycles. The van der Waals surface area contributed by atoms with Crippen molar-refractivity contribution >= 4 is 17.6 Å². The molecule has 0 aliphatic carbocycles. The topological polar surface area (TPSA) is 69.4 Å². The first-order valence-electron chi connectivity index (χ1n) is 7.29. The fraction of sp³-hybridized carbons (Fsp3) is 0.467. The van der Waals surface area contributed by atoms with E-state index in [1.807, 2.05) is 26.0 Å². The van der Waals surface area contributed by atoms with E-state index < -0.39 is 0 Å². The molecule has 2 aromatic rings. The zero-order valence-corrected chi connectivity index (χ0v) is 13.3. The summed E-state index contributed by atoms with van der Waals surface area (Å²) in [6.07, 6.45) is 0.760. The zero-order valence-electron chi connectivity index (χ0n) is 12.6. The van der Waals surface area contributed by atoms with Gasteiger partial charge in [0, 0.05) is 12.5 Å². The van der Waals surface area contributed by atoms with Gasteiger partial charge in [0.2, 0.25) is 0 Å². The van der Waals surface area contributed by atoms with Crippen molar-refractivity contribution in [3.05, 3.63) is 28.5 Å². The molecule has 0 saturated carbocycles. The Morgan fingerprint density at radius 2 is 2.09 bits per heavy atom. The molecule has 3 rings (SSSR count). The summed E-state index contributed by atoms with van der Waals surface area (Å²) < 4.78 is 16.2. The lowest BCUT2D eigenvalue weighted by atomic mass is 10.1. The lowest BCUT2D eigenvalue weighted by Crippen LogP contribution is -2.16. The highest BCUT2D eigenvalue weighted by molar-refractivity contribution is 6.32. The molecule has 0 unspecified atom stereocenters. The van der Waals surface area contributed by atoms with E-state index in [1.165, 1.54) is 0 Å². The summed E-state index contributed by atoms with van der Waals surface area (Å²) in [5.41, 5.74) is 1.06. The van der Waals surface area contributed by atoms with Crippen LogP contribution in [0.2, 0.25) is 5.02 Å². The number of hydrogen-bond acceptors (Lipinski definition) is 6. The van der Waals surface area contributed by atoms with E-state index in [2.05, 4.69) is 15.5 Å². The van der Waals surface area contributed by atoms with Gasteiger partial charge in [0.15, 0.2) is 17.3 Å². The van der Waals surface area contributed by atoms with Crippen LogP contribution in [-0.4, -0.2) is 29.9 Å². The van der Waals surface area contributed by atoms with Crippen LogP contribution in [0.15, 0.2) is 16.7 Å². The summed E-state index contributed by atoms with van der Waals surface area (Å²) in [6.45, 7) is 5.78. The summed E-state index contributed by atoms with van der Waals surface area (Å²) in [7, 11) is 0. The maximum absolute atomic E-state index is 6.22. The van der Waals surface area contributed by atoms with Gasteiger partial charge in [-0.15, -0.1) is 0 Å². The molecule has 118 valence electrons. The Morgan fingerprint density at radius 3 is 2.86 bits per heavy atom. The smallest absolute Gasteiger partial charge is 0.321 e. The zero-order chi connectivity index (χ0) is 15.5. The number of ether oxygens (including phenoxy) is 2. The molecule has 1 aliphatic rings. The first kappa shape index (κ1) is 15.0. The largest absolute Gasteiger partial charge is 0.486 e. The molecule has 7 heteroatoms. The summed E-state index contributed by atoms with van der Waals surface area (Å²) in [5.74, 6) is 2.28. The van der Waals surface area contributed by atoms with Crippen LogP contribution >= 0.6 is 11.6 Å². The number of fused-ring (bicyclic) bond motifs is 1. The Balaban J connectivity index is 1.60. The third kappa shape index (κ3) is 3.27. The third-order valence-electron chi connectivity index (χ3n) is 3.30. The van der Waals surface area contributed by atoms with Gasteiger partial charge in [-0.3, -0.25) is 0 Å². The van der Waals surface area contributed by atoms with E-state index >= 15 is 0 Å². The maximum atomic E-state index is 6.22. The Morgan fingerprint density at radius 1 is 1.27 bits per heavy atom. The van der Waals surface area contributed by atoms with E-state index in [0.29, 0.717) is 48.1 Å². The second-order valence-electron chi connectivity index (χ2n) is 5.39. The maximum Gasteiger partial charge on any atom is 0.321 e. The molecule has 0 bridgehead atoms. The number of anilines is 1. The second kappa shape index (κ2) is 6.44. The van der Waals surface area contributed by atoms with E-state index in [4.69, 9.17) is 25.6 Å². The van der Waals surface area contributed by atoms with Crippen LogP contribution in [0.4, 0.5) is 6.01 Å². The van der Waals surface area contributed by atoms with Crippen molar-refractivity contribution in [2.75, 3.05) is 25.1 Å². The van der Waals surface area contributed by atoms with Crippen molar-refractivity contribution in [1.29, 1.82) is 0 Å². The van der Waals surface area contributed by atoms with Gasteiger partial charge < -0.3 is 19.3 Å². The van der Waals surface area contributed by atoms with Crippen LogP contribution in [0.25, 0.3) is 0 Å². The molecular formula is C15H18ClN3O3. The Hall–Kier alpha value is -1.95. The van der Waals surface area contributed by atoms with Crippen molar-refractivity contribution in [2.24, 2.45) is 0 Å². The Bertz CT molecular complexity index is 657. The van der Waals surface area contributed by atoms with Gasteiger partial charge in [0.05, 0.1) is 5.02 Å². The Kier molecular flexibility index (Phi) is 4.38. The number of nitrogens with one attached hydrogen (secondary N) is 1. The monoisotopic (exact) mass is 323 g/mol. The number of hydrogen-bond donors (Lipinski definition) is 1. The fourth-order valence-electron chi connectivity index (χ4n) is 2.16. The molecule has 22 heavy (non-hydrogen) atoms. The summed E-state index contributed by atoms with van der Waals surface area (Å²) in [4.78, 5) is 4.27. The SMILES string of the molecule is CC(C)c1noc(NCCc2cc(Cl)c3c(c2)OCCO3)n1. The third-order valence-corrected chi connectivity index (χ3v) is 3.59. The van der Waals surface area contributed by atoms with Gasteiger partial charge in [0.25, 0.3) is 0 Å². The van der Waals surface area contributed by atoms with Crippen LogP contribution < -0.4 is 14.8 Å². The van der Waals surface area contributed by atoms with Crippen molar-refractivity contribution in [1.82, 2.24) is 10.1 Å². The van der Waals surface area contributed by atoms with Gasteiger partial charge >= 0.3 is 6.01 Å². The van der Waals surface area contributed by atoms with Crippen molar-refractivity contribution in [2.45, 2.75) is 26.2 Å². The quantitative estimate of drug-likeness (QED) is 0.910. The van der Waals surface area contributed by atoms with Crippen molar-refractivity contribution < 1.29 is 14.0 Å². The minimum absolute atomic E-state index is 0.246. The van der Waals surface area contributed by atoms with Gasteiger partial charge in [-0.2, -0.15) is 4.98 Å². The lowest BCUT2D eigenvalue weighted by Gasteiger charge is -2.20. The number of halogens is 1. The molecule has 0 radical (unpaired) electrons. The summed E-state index contributed by atoms with van der Waals surface area (Å²) in [6, 6.07) is 4.28. The lowest BCUT2D eigenvalue weighted by molar-refractivity contribution is 0.171. The molecular weight excluding hydrogens is 306 g/mol. The molecule has 1 N–H and O–H groups in total. The number of benzene rings is 1. The normalized spacial score (nSPS) is 13.5. The van der Waals surface area contributed by atoms with Crippen molar-refractivity contribution in [3.63, 3.8) is 0 Å². The highest BCUT2D eigenvalue weighted by Crippen LogP contribution is 2.38. The van der Waals surface area contributed by atoms with Gasteiger partial charge in [-0.1, -0.05) is 30.6 Å². The number of nitrogens with zero attached hydrogens (tertiary/aromatic N) is 2. The average Bonchev–Trinajstić information content (AvgIpc) is 2.96. The summed E-state index contributed by atoms with van der Waals surface area (Å²) in [5, 5.41) is 7.60. The molecule has 0 amide bonds. The van der Waals surface area contributed by atoms with E-state index in [0.717, 1.165) is 12.0 Å². The predicted molar refractivity (Wildman–Crippen MR) is 83.0 cm³/mol. The second-order valence-corrected chi connectivity index (χ2v) is 5.80. The van der Waals surface area contributed by atoms with Crippen LogP contribution in [0, 0.1) is 0 Å². The van der Waals surface area contributed by atoms with Crippen molar-refractivity contribution in [3.8, 4) is 11.5 Å². The van der Waals surface area contributed by atoms with Crippen LogP contribution in [0.3, 0.4) is 0 Å². The molecule has 1 aromatic heterocycles. The highest BCUT2D eigenvalue weighted by atomic mass is 35.5. The molecule has 0 spiro atoms. The molecule has 1 aromatic carbocycles. The first-order chi connectivity index (χ1) is 10.6. The molecule has 0 atom stereocenters. The van der Waals surface area contributed by atoms with Gasteiger partial charge in [-0.05, 0) is 24.1 Å². The van der Waals surface area contributed by atoms with Crippen LogP contribution in [0.5, 0.6) is 11.5 Å². The van der Waals surface area contributed by atoms with E-state index in [1.54, 1.807) is 0 Å².